The van der Waals surface area contributed by atoms with Crippen molar-refractivity contribution in [2.45, 2.75) is 6.92 Å². The van der Waals surface area contributed by atoms with Gasteiger partial charge in [0.15, 0.2) is 0 Å². The van der Waals surface area contributed by atoms with E-state index < -0.39 is 0 Å². The molecule has 0 aliphatic carbocycles. The van der Waals surface area contributed by atoms with E-state index in [0.717, 1.165) is 26.4 Å². The van der Waals surface area contributed by atoms with Gasteiger partial charge >= 0.3 is 0 Å². The van der Waals surface area contributed by atoms with Crippen LogP contribution in [0.3, 0.4) is 0 Å². The molecule has 0 saturated heterocycles. The Labute approximate surface area is 143 Å². The number of hydrazone groups is 1. The molecule has 1 amide bonds. The molecule has 3 nitrogen and oxygen atoms in total. The van der Waals surface area contributed by atoms with Crippen LogP contribution in [-0.4, -0.2) is 12.1 Å². The number of benzene rings is 3. The summed E-state index contributed by atoms with van der Waals surface area (Å²) >= 11 is 3.38. The van der Waals surface area contributed by atoms with Crippen LogP contribution in [0.5, 0.6) is 0 Å². The first-order valence-electron chi connectivity index (χ1n) is 7.22. The quantitative estimate of drug-likeness (QED) is 0.530. The molecule has 0 radical (unpaired) electrons. The van der Waals surface area contributed by atoms with Crippen LogP contribution in [0.4, 0.5) is 0 Å². The number of halogens is 1. The highest BCUT2D eigenvalue weighted by atomic mass is 79.9. The zero-order chi connectivity index (χ0) is 16.2. The molecule has 0 saturated carbocycles. The number of carbonyl (C=O) groups is 1. The van der Waals surface area contributed by atoms with Gasteiger partial charge in [0, 0.05) is 4.47 Å². The highest BCUT2D eigenvalue weighted by molar-refractivity contribution is 9.10. The Morgan fingerprint density at radius 1 is 1.04 bits per heavy atom. The van der Waals surface area contributed by atoms with Gasteiger partial charge in [-0.25, -0.2) is 5.43 Å². The number of fused-ring (bicyclic) bond motifs is 1. The van der Waals surface area contributed by atoms with Crippen LogP contribution in [-0.2, 0) is 0 Å². The number of hydrogen-bond acceptors (Lipinski definition) is 2. The normalized spacial score (nSPS) is 11.0. The van der Waals surface area contributed by atoms with Gasteiger partial charge in [-0.3, -0.25) is 4.79 Å². The second-order valence-electron chi connectivity index (χ2n) is 5.23. The van der Waals surface area contributed by atoms with Crippen molar-refractivity contribution in [3.63, 3.8) is 0 Å². The smallest absolute Gasteiger partial charge is 0.267 e. The highest BCUT2D eigenvalue weighted by Crippen LogP contribution is 2.22. The summed E-state index contributed by atoms with van der Waals surface area (Å²) in [6.07, 6.45) is 1.63. The molecule has 114 valence electrons. The lowest BCUT2D eigenvalue weighted by atomic mass is 9.99. The third-order valence-corrected chi connectivity index (χ3v) is 4.14. The molecular formula is C19H15BrN2O. The number of amides is 1. The highest BCUT2D eigenvalue weighted by Gasteiger charge is 2.12. The summed E-state index contributed by atoms with van der Waals surface area (Å²) in [6.45, 7) is 1.93. The summed E-state index contributed by atoms with van der Waals surface area (Å²) in [5.74, 6) is -0.201. The molecule has 3 aromatic carbocycles. The van der Waals surface area contributed by atoms with E-state index in [4.69, 9.17) is 0 Å². The SMILES string of the molecule is Cc1ccc2ccccc2c1C(=O)N/N=C\c1ccc(Br)cc1. The Balaban J connectivity index is 1.83. The van der Waals surface area contributed by atoms with Crippen molar-refractivity contribution in [3.05, 3.63) is 81.8 Å². The Morgan fingerprint density at radius 3 is 2.57 bits per heavy atom. The largest absolute Gasteiger partial charge is 0.272 e. The van der Waals surface area contributed by atoms with E-state index in [-0.39, 0.29) is 5.91 Å². The lowest BCUT2D eigenvalue weighted by Crippen LogP contribution is -2.19. The minimum Gasteiger partial charge on any atom is -0.267 e. The van der Waals surface area contributed by atoms with Crippen LogP contribution in [0, 0.1) is 6.92 Å². The monoisotopic (exact) mass is 366 g/mol. The van der Waals surface area contributed by atoms with Gasteiger partial charge in [0.2, 0.25) is 0 Å². The van der Waals surface area contributed by atoms with Gasteiger partial charge in [-0.2, -0.15) is 5.10 Å². The van der Waals surface area contributed by atoms with Gasteiger partial charge in [0.1, 0.15) is 0 Å². The summed E-state index contributed by atoms with van der Waals surface area (Å²) < 4.78 is 1.00. The van der Waals surface area contributed by atoms with E-state index in [1.54, 1.807) is 6.21 Å². The average molecular weight is 367 g/mol. The number of aryl methyl sites for hydroxylation is 1. The van der Waals surface area contributed by atoms with Gasteiger partial charge in [0.25, 0.3) is 5.91 Å². The van der Waals surface area contributed by atoms with Crippen LogP contribution < -0.4 is 5.43 Å². The fourth-order valence-corrected chi connectivity index (χ4v) is 2.72. The molecule has 0 aliphatic rings. The average Bonchev–Trinajstić information content (AvgIpc) is 2.56. The Morgan fingerprint density at radius 2 is 1.78 bits per heavy atom. The lowest BCUT2D eigenvalue weighted by Gasteiger charge is -2.08. The minimum atomic E-state index is -0.201. The summed E-state index contributed by atoms with van der Waals surface area (Å²) in [7, 11) is 0. The second kappa shape index (κ2) is 6.75. The summed E-state index contributed by atoms with van der Waals surface area (Å²) in [6, 6.07) is 19.5. The molecular weight excluding hydrogens is 352 g/mol. The van der Waals surface area contributed by atoms with Crippen molar-refractivity contribution in [3.8, 4) is 0 Å². The third kappa shape index (κ3) is 3.48. The molecule has 0 heterocycles. The lowest BCUT2D eigenvalue weighted by molar-refractivity contribution is 0.0956. The molecule has 0 atom stereocenters. The summed E-state index contributed by atoms with van der Waals surface area (Å²) in [5.41, 5.74) is 5.13. The number of nitrogens with one attached hydrogen (secondary N) is 1. The molecule has 3 aromatic rings. The molecule has 0 aromatic heterocycles. The van der Waals surface area contributed by atoms with Gasteiger partial charge in [-0.05, 0) is 41.0 Å². The van der Waals surface area contributed by atoms with Crippen molar-refractivity contribution in [2.24, 2.45) is 5.10 Å². The van der Waals surface area contributed by atoms with E-state index in [1.165, 1.54) is 0 Å². The Bertz CT molecular complexity index is 886. The van der Waals surface area contributed by atoms with Gasteiger partial charge in [-0.15, -0.1) is 0 Å². The van der Waals surface area contributed by atoms with Crippen molar-refractivity contribution in [1.82, 2.24) is 5.43 Å². The molecule has 3 rings (SSSR count). The van der Waals surface area contributed by atoms with E-state index in [0.29, 0.717) is 5.56 Å². The fourth-order valence-electron chi connectivity index (χ4n) is 2.45. The molecule has 0 unspecified atom stereocenters. The van der Waals surface area contributed by atoms with E-state index in [1.807, 2.05) is 67.6 Å². The maximum atomic E-state index is 12.5. The predicted octanol–water partition coefficient (Wildman–Crippen LogP) is 4.67. The topological polar surface area (TPSA) is 41.5 Å². The zero-order valence-corrected chi connectivity index (χ0v) is 14.2. The first-order valence-corrected chi connectivity index (χ1v) is 8.02. The standard InChI is InChI=1S/C19H15BrN2O/c1-13-6-9-15-4-2-3-5-17(15)18(13)19(23)22-21-12-14-7-10-16(20)11-8-14/h2-12H,1H3,(H,22,23)/b21-12-. The van der Waals surface area contributed by atoms with Crippen molar-refractivity contribution >= 4 is 38.8 Å². The predicted molar refractivity (Wildman–Crippen MR) is 97.9 cm³/mol. The first kappa shape index (κ1) is 15.4. The van der Waals surface area contributed by atoms with Crippen LogP contribution in [0.15, 0.2) is 70.2 Å². The molecule has 0 fully saturated rings. The second-order valence-corrected chi connectivity index (χ2v) is 6.14. The number of nitrogens with zero attached hydrogens (tertiary/aromatic N) is 1. The van der Waals surface area contributed by atoms with E-state index >= 15 is 0 Å². The van der Waals surface area contributed by atoms with E-state index in [2.05, 4.69) is 26.5 Å². The number of hydrogen-bond donors (Lipinski definition) is 1. The van der Waals surface area contributed by atoms with Crippen LogP contribution >= 0.6 is 15.9 Å². The first-order chi connectivity index (χ1) is 11.1. The van der Waals surface area contributed by atoms with Crippen LogP contribution in [0.25, 0.3) is 10.8 Å². The summed E-state index contributed by atoms with van der Waals surface area (Å²) in [5, 5.41) is 6.03. The van der Waals surface area contributed by atoms with Gasteiger partial charge in [0.05, 0.1) is 11.8 Å². The molecule has 4 heteroatoms. The fraction of sp³-hybridized carbons (Fsp3) is 0.0526. The van der Waals surface area contributed by atoms with Crippen molar-refractivity contribution < 1.29 is 4.79 Å². The van der Waals surface area contributed by atoms with E-state index in [9.17, 15) is 4.79 Å². The Kier molecular flexibility index (Phi) is 4.53. The molecule has 0 bridgehead atoms. The zero-order valence-electron chi connectivity index (χ0n) is 12.6. The maximum Gasteiger partial charge on any atom is 0.272 e. The van der Waals surface area contributed by atoms with Crippen molar-refractivity contribution in [1.29, 1.82) is 0 Å². The van der Waals surface area contributed by atoms with Crippen molar-refractivity contribution in [2.75, 3.05) is 0 Å². The van der Waals surface area contributed by atoms with Gasteiger partial charge < -0.3 is 0 Å². The molecule has 0 spiro atoms. The van der Waals surface area contributed by atoms with Gasteiger partial charge in [-0.1, -0.05) is 64.5 Å². The molecule has 23 heavy (non-hydrogen) atoms. The minimum absolute atomic E-state index is 0.201. The number of carbonyl (C=O) groups excluding carboxylic acids is 1. The summed E-state index contributed by atoms with van der Waals surface area (Å²) in [4.78, 5) is 12.5. The molecule has 1 N–H and O–H groups in total. The third-order valence-electron chi connectivity index (χ3n) is 3.61. The van der Waals surface area contributed by atoms with Crippen LogP contribution in [0.2, 0.25) is 0 Å². The van der Waals surface area contributed by atoms with Crippen LogP contribution in [0.1, 0.15) is 21.5 Å². The number of rotatable bonds is 3. The molecule has 0 aliphatic heterocycles. The Hall–Kier alpha value is -2.46. The maximum absolute atomic E-state index is 12.5.